The largest absolute Gasteiger partial charge is 0.496 e. The van der Waals surface area contributed by atoms with Gasteiger partial charge in [0, 0.05) is 25.8 Å². The number of nitrogens with one attached hydrogen (secondary N) is 1. The Balaban J connectivity index is 2.04. The average molecular weight is 290 g/mol. The second kappa shape index (κ2) is 7.19. The van der Waals surface area contributed by atoms with Crippen molar-refractivity contribution in [2.24, 2.45) is 7.05 Å². The summed E-state index contributed by atoms with van der Waals surface area (Å²) in [5, 5.41) is 7.67. The van der Waals surface area contributed by atoms with Crippen LogP contribution in [0, 0.1) is 0 Å². The molecule has 2 aromatic rings. The Labute approximate surface area is 125 Å². The van der Waals surface area contributed by atoms with Crippen LogP contribution in [0.15, 0.2) is 24.5 Å². The van der Waals surface area contributed by atoms with Gasteiger partial charge in [-0.3, -0.25) is 4.68 Å². The molecular weight excluding hydrogens is 268 g/mol. The van der Waals surface area contributed by atoms with E-state index in [0.717, 1.165) is 17.1 Å². The molecule has 0 saturated carbocycles. The molecule has 1 heterocycles. The van der Waals surface area contributed by atoms with Crippen molar-refractivity contribution in [3.63, 3.8) is 0 Å². The van der Waals surface area contributed by atoms with Gasteiger partial charge in [-0.25, -0.2) is 4.98 Å². The molecule has 0 bridgehead atoms. The molecule has 6 heteroatoms. The number of aromatic nitrogens is 3. The van der Waals surface area contributed by atoms with Crippen molar-refractivity contribution < 1.29 is 9.47 Å². The van der Waals surface area contributed by atoms with E-state index in [9.17, 15) is 0 Å². The van der Waals surface area contributed by atoms with E-state index in [-0.39, 0.29) is 6.04 Å². The van der Waals surface area contributed by atoms with Gasteiger partial charge in [-0.2, -0.15) is 5.10 Å². The summed E-state index contributed by atoms with van der Waals surface area (Å²) >= 11 is 0. The van der Waals surface area contributed by atoms with E-state index in [4.69, 9.17) is 9.47 Å². The minimum atomic E-state index is 0.190. The Hall–Kier alpha value is -1.92. The summed E-state index contributed by atoms with van der Waals surface area (Å²) in [7, 11) is 5.21. The normalized spacial score (nSPS) is 12.4. The van der Waals surface area contributed by atoms with Crippen LogP contribution >= 0.6 is 0 Å². The monoisotopic (exact) mass is 290 g/mol. The molecule has 0 spiro atoms. The summed E-state index contributed by atoms with van der Waals surface area (Å²) in [6.45, 7) is 3.28. The molecule has 0 amide bonds. The molecule has 114 valence electrons. The van der Waals surface area contributed by atoms with Gasteiger partial charge in [0.05, 0.1) is 20.3 Å². The van der Waals surface area contributed by atoms with Gasteiger partial charge in [-0.1, -0.05) is 6.07 Å². The maximum Gasteiger partial charge on any atom is 0.164 e. The Morgan fingerprint density at radius 3 is 2.76 bits per heavy atom. The van der Waals surface area contributed by atoms with Crippen LogP contribution in [-0.4, -0.2) is 29.0 Å². The van der Waals surface area contributed by atoms with Gasteiger partial charge in [-0.05, 0) is 24.6 Å². The second-order valence-electron chi connectivity index (χ2n) is 4.94. The molecule has 1 aromatic heterocycles. The topological polar surface area (TPSA) is 61.2 Å². The molecule has 0 radical (unpaired) electrons. The summed E-state index contributed by atoms with van der Waals surface area (Å²) in [6, 6.07) is 6.32. The number of methoxy groups -OCH3 is 2. The minimum absolute atomic E-state index is 0.190. The second-order valence-corrected chi connectivity index (χ2v) is 4.94. The first-order valence-electron chi connectivity index (χ1n) is 6.87. The Bertz CT molecular complexity index is 583. The molecular formula is C15H22N4O2. The first-order valence-corrected chi connectivity index (χ1v) is 6.87. The maximum atomic E-state index is 5.34. The van der Waals surface area contributed by atoms with E-state index in [1.807, 2.05) is 13.1 Å². The molecule has 0 aliphatic rings. The lowest BCUT2D eigenvalue weighted by Gasteiger charge is -2.16. The zero-order chi connectivity index (χ0) is 15.2. The fourth-order valence-electron chi connectivity index (χ4n) is 2.16. The van der Waals surface area contributed by atoms with Gasteiger partial charge >= 0.3 is 0 Å². The van der Waals surface area contributed by atoms with Crippen molar-refractivity contribution in [2.75, 3.05) is 14.2 Å². The quantitative estimate of drug-likeness (QED) is 0.843. The van der Waals surface area contributed by atoms with E-state index < -0.39 is 0 Å². The Kier molecular flexibility index (Phi) is 5.30. The van der Waals surface area contributed by atoms with Crippen molar-refractivity contribution in [3.8, 4) is 5.75 Å². The number of nitrogens with zero attached hydrogens (tertiary/aromatic N) is 3. The van der Waals surface area contributed by atoms with Crippen molar-refractivity contribution in [2.45, 2.75) is 26.1 Å². The van der Waals surface area contributed by atoms with Gasteiger partial charge < -0.3 is 14.8 Å². The van der Waals surface area contributed by atoms with E-state index in [1.165, 1.54) is 5.56 Å². The smallest absolute Gasteiger partial charge is 0.164 e. The maximum absolute atomic E-state index is 5.34. The highest BCUT2D eigenvalue weighted by Gasteiger charge is 2.10. The van der Waals surface area contributed by atoms with Crippen LogP contribution in [0.5, 0.6) is 5.75 Å². The van der Waals surface area contributed by atoms with E-state index >= 15 is 0 Å². The zero-order valence-corrected chi connectivity index (χ0v) is 13.0. The number of hydrogen-bond donors (Lipinski definition) is 1. The summed E-state index contributed by atoms with van der Waals surface area (Å²) in [5.74, 6) is 1.63. The lowest BCUT2D eigenvalue weighted by molar-refractivity contribution is 0.181. The molecule has 1 N–H and O–H groups in total. The Morgan fingerprint density at radius 2 is 2.14 bits per heavy atom. The summed E-state index contributed by atoms with van der Waals surface area (Å²) in [4.78, 5) is 4.21. The standard InChI is InChI=1S/C15H22N4O2/c1-11(16-8-15-17-10-19(2)18-15)12-5-6-14(21-4)13(7-12)9-20-3/h5-7,10-11,16H,8-9H2,1-4H3. The minimum Gasteiger partial charge on any atom is -0.496 e. The number of benzene rings is 1. The van der Waals surface area contributed by atoms with Crippen LogP contribution in [0.3, 0.4) is 0 Å². The zero-order valence-electron chi connectivity index (χ0n) is 13.0. The number of aryl methyl sites for hydroxylation is 1. The first kappa shape index (κ1) is 15.5. The fourth-order valence-corrected chi connectivity index (χ4v) is 2.16. The highest BCUT2D eigenvalue weighted by atomic mass is 16.5. The highest BCUT2D eigenvalue weighted by molar-refractivity contribution is 5.38. The molecule has 1 unspecified atom stereocenters. The third kappa shape index (κ3) is 4.03. The number of rotatable bonds is 7. The van der Waals surface area contributed by atoms with Crippen LogP contribution in [0.2, 0.25) is 0 Å². The molecule has 0 aliphatic heterocycles. The van der Waals surface area contributed by atoms with Crippen molar-refractivity contribution >= 4 is 0 Å². The molecule has 0 saturated heterocycles. The fraction of sp³-hybridized carbons (Fsp3) is 0.467. The molecule has 21 heavy (non-hydrogen) atoms. The van der Waals surface area contributed by atoms with Crippen LogP contribution < -0.4 is 10.1 Å². The lowest BCUT2D eigenvalue weighted by Crippen LogP contribution is -2.19. The van der Waals surface area contributed by atoms with Gasteiger partial charge in [-0.15, -0.1) is 0 Å². The summed E-state index contributed by atoms with van der Waals surface area (Å²) in [6.07, 6.45) is 1.70. The molecule has 1 aromatic carbocycles. The van der Waals surface area contributed by atoms with Crippen molar-refractivity contribution in [1.29, 1.82) is 0 Å². The van der Waals surface area contributed by atoms with Crippen molar-refractivity contribution in [1.82, 2.24) is 20.1 Å². The SMILES string of the molecule is COCc1cc(C(C)NCc2ncn(C)n2)ccc1OC. The van der Waals surface area contributed by atoms with Gasteiger partial charge in [0.1, 0.15) is 12.1 Å². The van der Waals surface area contributed by atoms with Crippen LogP contribution in [-0.2, 0) is 24.9 Å². The number of hydrogen-bond acceptors (Lipinski definition) is 5. The molecule has 0 fully saturated rings. The third-order valence-electron chi connectivity index (χ3n) is 3.32. The van der Waals surface area contributed by atoms with Gasteiger partial charge in [0.15, 0.2) is 5.82 Å². The molecule has 0 aliphatic carbocycles. The van der Waals surface area contributed by atoms with E-state index in [2.05, 4.69) is 34.5 Å². The van der Waals surface area contributed by atoms with Crippen LogP contribution in [0.4, 0.5) is 0 Å². The summed E-state index contributed by atoms with van der Waals surface area (Å²) in [5.41, 5.74) is 2.22. The predicted octanol–water partition coefficient (Wildman–Crippen LogP) is 1.82. The molecule has 6 nitrogen and oxygen atoms in total. The number of ether oxygens (including phenoxy) is 2. The van der Waals surface area contributed by atoms with Crippen molar-refractivity contribution in [3.05, 3.63) is 41.5 Å². The molecule has 1 atom stereocenters. The Morgan fingerprint density at radius 1 is 1.33 bits per heavy atom. The average Bonchev–Trinajstić information content (AvgIpc) is 2.90. The van der Waals surface area contributed by atoms with Crippen LogP contribution in [0.1, 0.15) is 29.9 Å². The van der Waals surface area contributed by atoms with Crippen LogP contribution in [0.25, 0.3) is 0 Å². The highest BCUT2D eigenvalue weighted by Crippen LogP contribution is 2.24. The lowest BCUT2D eigenvalue weighted by atomic mass is 10.0. The first-order chi connectivity index (χ1) is 10.1. The van der Waals surface area contributed by atoms with E-state index in [1.54, 1.807) is 25.2 Å². The predicted molar refractivity (Wildman–Crippen MR) is 80.0 cm³/mol. The van der Waals surface area contributed by atoms with Gasteiger partial charge in [0.2, 0.25) is 0 Å². The van der Waals surface area contributed by atoms with Gasteiger partial charge in [0.25, 0.3) is 0 Å². The van der Waals surface area contributed by atoms with E-state index in [0.29, 0.717) is 13.2 Å². The third-order valence-corrected chi connectivity index (χ3v) is 3.32. The summed E-state index contributed by atoms with van der Waals surface area (Å²) < 4.78 is 12.3. The molecule has 2 rings (SSSR count).